The van der Waals surface area contributed by atoms with Crippen molar-refractivity contribution in [3.8, 4) is 0 Å². The minimum absolute atomic E-state index is 0.359. The highest BCUT2D eigenvalue weighted by Crippen LogP contribution is 2.29. The summed E-state index contributed by atoms with van der Waals surface area (Å²) >= 11 is 1.49. The maximum atomic E-state index is 12.6. The molecular formula is C16H15NO2S2. The molecule has 0 aliphatic heterocycles. The third-order valence-corrected chi connectivity index (χ3v) is 5.91. The Morgan fingerprint density at radius 2 is 1.71 bits per heavy atom. The van der Waals surface area contributed by atoms with Gasteiger partial charge in [0.15, 0.2) is 0 Å². The van der Waals surface area contributed by atoms with Crippen LogP contribution in [-0.2, 0) is 10.0 Å². The summed E-state index contributed by atoms with van der Waals surface area (Å²) in [5, 5.41) is 1.91. The second kappa shape index (κ2) is 5.16. The minimum atomic E-state index is -3.55. The van der Waals surface area contributed by atoms with Crippen molar-refractivity contribution in [2.45, 2.75) is 18.7 Å². The maximum absolute atomic E-state index is 12.6. The standard InChI is InChI=1S/C16H15NO2S2/c1-11-10-16(12(2)20-11)21(18,19)17-15-9-5-7-13-6-3-4-8-14(13)15/h3-10,17H,1-2H3. The number of sulfonamides is 1. The predicted octanol–water partition coefficient (Wildman–Crippen LogP) is 4.32. The second-order valence-electron chi connectivity index (χ2n) is 4.91. The fraction of sp³-hybridized carbons (Fsp3) is 0.125. The predicted molar refractivity (Wildman–Crippen MR) is 88.5 cm³/mol. The van der Waals surface area contributed by atoms with E-state index in [4.69, 9.17) is 0 Å². The first-order valence-electron chi connectivity index (χ1n) is 6.55. The molecule has 0 fully saturated rings. The Kier molecular flexibility index (Phi) is 3.47. The molecule has 3 rings (SSSR count). The molecule has 108 valence electrons. The molecule has 0 aliphatic carbocycles. The van der Waals surface area contributed by atoms with Gasteiger partial charge in [0.2, 0.25) is 0 Å². The lowest BCUT2D eigenvalue weighted by Gasteiger charge is -2.10. The van der Waals surface area contributed by atoms with E-state index in [0.29, 0.717) is 10.6 Å². The molecule has 0 spiro atoms. The molecule has 3 aromatic rings. The Morgan fingerprint density at radius 3 is 2.43 bits per heavy atom. The Bertz CT molecular complexity index is 906. The molecule has 0 bridgehead atoms. The van der Waals surface area contributed by atoms with Crippen molar-refractivity contribution in [2.24, 2.45) is 0 Å². The smallest absolute Gasteiger partial charge is 0.263 e. The van der Waals surface area contributed by atoms with Crippen molar-refractivity contribution in [1.82, 2.24) is 0 Å². The zero-order valence-electron chi connectivity index (χ0n) is 11.8. The van der Waals surface area contributed by atoms with E-state index in [1.54, 1.807) is 12.1 Å². The van der Waals surface area contributed by atoms with Gasteiger partial charge in [-0.15, -0.1) is 11.3 Å². The summed E-state index contributed by atoms with van der Waals surface area (Å²) in [5.74, 6) is 0. The van der Waals surface area contributed by atoms with Gasteiger partial charge in [-0.25, -0.2) is 8.42 Å². The van der Waals surface area contributed by atoms with Gasteiger partial charge in [0.25, 0.3) is 10.0 Å². The van der Waals surface area contributed by atoms with E-state index in [2.05, 4.69) is 4.72 Å². The summed E-state index contributed by atoms with van der Waals surface area (Å²) in [5.41, 5.74) is 0.608. The number of aryl methyl sites for hydroxylation is 2. The molecule has 0 saturated carbocycles. The van der Waals surface area contributed by atoms with E-state index >= 15 is 0 Å². The average Bonchev–Trinajstić information content (AvgIpc) is 2.79. The first-order valence-corrected chi connectivity index (χ1v) is 8.85. The Morgan fingerprint density at radius 1 is 1.00 bits per heavy atom. The number of fused-ring (bicyclic) bond motifs is 1. The first-order chi connectivity index (χ1) is 9.97. The van der Waals surface area contributed by atoms with Crippen molar-refractivity contribution in [1.29, 1.82) is 0 Å². The lowest BCUT2D eigenvalue weighted by Crippen LogP contribution is -2.13. The van der Waals surface area contributed by atoms with E-state index in [1.807, 2.05) is 50.2 Å². The van der Waals surface area contributed by atoms with Crippen LogP contribution in [0.3, 0.4) is 0 Å². The van der Waals surface area contributed by atoms with Crippen LogP contribution in [-0.4, -0.2) is 8.42 Å². The first kappa shape index (κ1) is 14.1. The van der Waals surface area contributed by atoms with Crippen molar-refractivity contribution >= 4 is 37.8 Å². The van der Waals surface area contributed by atoms with Crippen LogP contribution in [0.5, 0.6) is 0 Å². The van der Waals surface area contributed by atoms with Gasteiger partial charge < -0.3 is 0 Å². The summed E-state index contributed by atoms with van der Waals surface area (Å²) < 4.78 is 27.9. The van der Waals surface area contributed by atoms with Gasteiger partial charge in [0, 0.05) is 15.1 Å². The molecule has 0 radical (unpaired) electrons. The second-order valence-corrected chi connectivity index (χ2v) is 8.02. The molecule has 2 aromatic carbocycles. The Balaban J connectivity index is 2.08. The van der Waals surface area contributed by atoms with E-state index in [-0.39, 0.29) is 0 Å². The zero-order chi connectivity index (χ0) is 15.0. The molecule has 1 aromatic heterocycles. The van der Waals surface area contributed by atoms with E-state index in [1.165, 1.54) is 11.3 Å². The summed E-state index contributed by atoms with van der Waals surface area (Å²) in [6.45, 7) is 3.74. The molecule has 0 atom stereocenters. The number of hydrogen-bond donors (Lipinski definition) is 1. The van der Waals surface area contributed by atoms with Crippen LogP contribution in [0.2, 0.25) is 0 Å². The largest absolute Gasteiger partial charge is 0.279 e. The monoisotopic (exact) mass is 317 g/mol. The summed E-state index contributed by atoms with van der Waals surface area (Å²) in [4.78, 5) is 2.16. The number of hydrogen-bond acceptors (Lipinski definition) is 3. The fourth-order valence-electron chi connectivity index (χ4n) is 2.39. The summed E-state index contributed by atoms with van der Waals surface area (Å²) in [6.07, 6.45) is 0. The highest BCUT2D eigenvalue weighted by Gasteiger charge is 2.19. The number of thiophene rings is 1. The molecule has 0 unspecified atom stereocenters. The molecule has 1 heterocycles. The topological polar surface area (TPSA) is 46.2 Å². The lowest BCUT2D eigenvalue weighted by atomic mass is 10.1. The molecule has 0 saturated heterocycles. The Labute approximate surface area is 128 Å². The van der Waals surface area contributed by atoms with Crippen LogP contribution < -0.4 is 4.72 Å². The molecule has 5 heteroatoms. The van der Waals surface area contributed by atoms with Gasteiger partial charge in [-0.3, -0.25) is 4.72 Å². The van der Waals surface area contributed by atoms with Crippen LogP contribution in [0, 0.1) is 13.8 Å². The van der Waals surface area contributed by atoms with Crippen molar-refractivity contribution in [3.63, 3.8) is 0 Å². The van der Waals surface area contributed by atoms with Crippen molar-refractivity contribution in [2.75, 3.05) is 4.72 Å². The highest BCUT2D eigenvalue weighted by atomic mass is 32.2. The van der Waals surface area contributed by atoms with Crippen LogP contribution in [0.1, 0.15) is 9.75 Å². The minimum Gasteiger partial charge on any atom is -0.279 e. The molecule has 1 N–H and O–H groups in total. The van der Waals surface area contributed by atoms with Gasteiger partial charge in [-0.1, -0.05) is 36.4 Å². The maximum Gasteiger partial charge on any atom is 0.263 e. The summed E-state index contributed by atoms with van der Waals surface area (Å²) in [7, 11) is -3.55. The van der Waals surface area contributed by atoms with Gasteiger partial charge >= 0.3 is 0 Å². The van der Waals surface area contributed by atoms with E-state index in [0.717, 1.165) is 20.5 Å². The van der Waals surface area contributed by atoms with Crippen LogP contribution in [0.4, 0.5) is 5.69 Å². The van der Waals surface area contributed by atoms with Gasteiger partial charge in [-0.05, 0) is 31.4 Å². The van der Waals surface area contributed by atoms with Gasteiger partial charge in [-0.2, -0.15) is 0 Å². The zero-order valence-corrected chi connectivity index (χ0v) is 13.4. The van der Waals surface area contributed by atoms with Gasteiger partial charge in [0.1, 0.15) is 4.90 Å². The molecule has 0 amide bonds. The number of nitrogens with one attached hydrogen (secondary N) is 1. The van der Waals surface area contributed by atoms with Crippen molar-refractivity contribution in [3.05, 3.63) is 58.3 Å². The number of rotatable bonds is 3. The SMILES string of the molecule is Cc1cc(S(=O)(=O)Nc2cccc3ccccc23)c(C)s1. The third kappa shape index (κ3) is 2.66. The fourth-order valence-corrected chi connectivity index (χ4v) is 5.02. The van der Waals surface area contributed by atoms with Gasteiger partial charge in [0.05, 0.1) is 5.69 Å². The Hall–Kier alpha value is -1.85. The van der Waals surface area contributed by atoms with E-state index < -0.39 is 10.0 Å². The van der Waals surface area contributed by atoms with Crippen molar-refractivity contribution < 1.29 is 8.42 Å². The molecule has 21 heavy (non-hydrogen) atoms. The number of benzene rings is 2. The quantitative estimate of drug-likeness (QED) is 0.782. The lowest BCUT2D eigenvalue weighted by molar-refractivity contribution is 0.601. The third-order valence-electron chi connectivity index (χ3n) is 3.32. The van der Waals surface area contributed by atoms with Crippen LogP contribution >= 0.6 is 11.3 Å². The normalized spacial score (nSPS) is 11.7. The average molecular weight is 317 g/mol. The van der Waals surface area contributed by atoms with E-state index in [9.17, 15) is 8.42 Å². The van der Waals surface area contributed by atoms with Crippen LogP contribution in [0.15, 0.2) is 53.4 Å². The van der Waals surface area contributed by atoms with Crippen LogP contribution in [0.25, 0.3) is 10.8 Å². The molecule has 3 nitrogen and oxygen atoms in total. The molecular weight excluding hydrogens is 302 g/mol. The molecule has 0 aliphatic rings. The summed E-state index contributed by atoms with van der Waals surface area (Å²) in [6, 6.07) is 15.0. The highest BCUT2D eigenvalue weighted by molar-refractivity contribution is 7.93. The number of anilines is 1.